The van der Waals surface area contributed by atoms with E-state index in [1.54, 1.807) is 0 Å². The zero-order chi connectivity index (χ0) is 14.4. The van der Waals surface area contributed by atoms with Gasteiger partial charge in [-0.1, -0.05) is 6.07 Å². The first-order valence-electron chi connectivity index (χ1n) is 4.75. The van der Waals surface area contributed by atoms with Crippen LogP contribution in [0.3, 0.4) is 0 Å². The molecule has 0 aliphatic carbocycles. The second-order valence-electron chi connectivity index (χ2n) is 3.50. The van der Waals surface area contributed by atoms with Gasteiger partial charge in [0, 0.05) is 0 Å². The fourth-order valence-electron chi connectivity index (χ4n) is 1.58. The standard InChI is InChI=1S/C10H4ClF3N2O3/c11-8-15-6-4(7(17)16(8)9(18)19)2-1-3-5(6)10(12,13)14/h1-3H,(H,18,19). The Balaban J connectivity index is 2.97. The third-order valence-corrected chi connectivity index (χ3v) is 2.61. The number of hydrogen-bond donors (Lipinski definition) is 1. The summed E-state index contributed by atoms with van der Waals surface area (Å²) in [6, 6.07) is 2.78. The van der Waals surface area contributed by atoms with Gasteiger partial charge in [0.2, 0.25) is 5.28 Å². The first kappa shape index (κ1) is 13.3. The van der Waals surface area contributed by atoms with Gasteiger partial charge >= 0.3 is 12.3 Å². The highest BCUT2D eigenvalue weighted by Crippen LogP contribution is 2.33. The number of para-hydroxylation sites is 1. The van der Waals surface area contributed by atoms with Crippen molar-refractivity contribution in [3.05, 3.63) is 39.4 Å². The number of benzene rings is 1. The van der Waals surface area contributed by atoms with Gasteiger partial charge in [0.15, 0.2) is 0 Å². The van der Waals surface area contributed by atoms with Crippen LogP contribution in [-0.4, -0.2) is 20.8 Å². The Hall–Kier alpha value is -2.09. The number of rotatable bonds is 0. The molecule has 0 fully saturated rings. The van der Waals surface area contributed by atoms with Crippen LogP contribution in [0.25, 0.3) is 10.9 Å². The molecule has 2 aromatic rings. The van der Waals surface area contributed by atoms with Gasteiger partial charge in [0.05, 0.1) is 16.5 Å². The Kier molecular flexibility index (Phi) is 2.97. The van der Waals surface area contributed by atoms with Gasteiger partial charge in [-0.15, -0.1) is 0 Å². The second-order valence-corrected chi connectivity index (χ2v) is 3.84. The lowest BCUT2D eigenvalue weighted by molar-refractivity contribution is -0.136. The normalized spacial score (nSPS) is 11.8. The van der Waals surface area contributed by atoms with Gasteiger partial charge in [-0.05, 0) is 23.7 Å². The average Bonchev–Trinajstić information content (AvgIpc) is 2.26. The molecule has 0 unspecified atom stereocenters. The van der Waals surface area contributed by atoms with Crippen LogP contribution in [0, 0.1) is 0 Å². The number of alkyl halides is 3. The lowest BCUT2D eigenvalue weighted by atomic mass is 10.1. The summed E-state index contributed by atoms with van der Waals surface area (Å²) in [4.78, 5) is 25.9. The Morgan fingerprint density at radius 2 is 2.00 bits per heavy atom. The maximum absolute atomic E-state index is 12.7. The van der Waals surface area contributed by atoms with E-state index in [1.165, 1.54) is 0 Å². The molecule has 0 bridgehead atoms. The predicted octanol–water partition coefficient (Wildman–Crippen LogP) is 2.59. The van der Waals surface area contributed by atoms with Crippen LogP contribution in [-0.2, 0) is 6.18 Å². The molecule has 0 saturated carbocycles. The van der Waals surface area contributed by atoms with Crippen LogP contribution < -0.4 is 5.56 Å². The smallest absolute Gasteiger partial charge is 0.421 e. The Morgan fingerprint density at radius 1 is 1.37 bits per heavy atom. The van der Waals surface area contributed by atoms with E-state index in [0.29, 0.717) is 0 Å². The monoisotopic (exact) mass is 292 g/mol. The number of fused-ring (bicyclic) bond motifs is 1. The highest BCUT2D eigenvalue weighted by atomic mass is 35.5. The van der Waals surface area contributed by atoms with Gasteiger partial charge < -0.3 is 5.11 Å². The highest BCUT2D eigenvalue weighted by Gasteiger charge is 2.34. The molecule has 5 nitrogen and oxygen atoms in total. The van der Waals surface area contributed by atoms with E-state index in [-0.39, 0.29) is 4.57 Å². The first-order chi connectivity index (χ1) is 8.73. The van der Waals surface area contributed by atoms with E-state index in [4.69, 9.17) is 16.7 Å². The molecule has 0 aliphatic heterocycles. The first-order valence-corrected chi connectivity index (χ1v) is 5.13. The summed E-state index contributed by atoms with van der Waals surface area (Å²) in [7, 11) is 0. The summed E-state index contributed by atoms with van der Waals surface area (Å²) in [5, 5.41) is 7.44. The molecule has 2 rings (SSSR count). The summed E-state index contributed by atoms with van der Waals surface area (Å²) in [6.45, 7) is 0. The second kappa shape index (κ2) is 4.23. The van der Waals surface area contributed by atoms with Gasteiger partial charge in [0.25, 0.3) is 5.56 Å². The van der Waals surface area contributed by atoms with Crippen molar-refractivity contribution >= 4 is 28.6 Å². The quantitative estimate of drug-likeness (QED) is 0.758. The van der Waals surface area contributed by atoms with Crippen LogP contribution in [0.15, 0.2) is 23.0 Å². The molecule has 1 aromatic carbocycles. The fourth-order valence-corrected chi connectivity index (χ4v) is 1.81. The fraction of sp³-hybridized carbons (Fsp3) is 0.100. The van der Waals surface area contributed by atoms with Crippen molar-refractivity contribution in [1.29, 1.82) is 0 Å². The summed E-state index contributed by atoms with van der Waals surface area (Å²) >= 11 is 5.43. The number of halogens is 4. The molecular formula is C10H4ClF3N2O3. The highest BCUT2D eigenvalue weighted by molar-refractivity contribution is 6.29. The van der Waals surface area contributed by atoms with E-state index in [2.05, 4.69) is 4.98 Å². The van der Waals surface area contributed by atoms with Crippen molar-refractivity contribution in [3.63, 3.8) is 0 Å². The molecule has 9 heteroatoms. The number of aromatic nitrogens is 2. The van der Waals surface area contributed by atoms with Crippen molar-refractivity contribution in [3.8, 4) is 0 Å². The van der Waals surface area contributed by atoms with Crippen molar-refractivity contribution < 1.29 is 23.1 Å². The molecule has 0 spiro atoms. The van der Waals surface area contributed by atoms with Crippen LogP contribution >= 0.6 is 11.6 Å². The van der Waals surface area contributed by atoms with E-state index in [0.717, 1.165) is 18.2 Å². The number of nitrogens with zero attached hydrogens (tertiary/aromatic N) is 2. The molecule has 1 aromatic heterocycles. The SMILES string of the molecule is O=C(O)n1c(Cl)nc2c(C(F)(F)F)cccc2c1=O. The van der Waals surface area contributed by atoms with Crippen molar-refractivity contribution in [2.24, 2.45) is 0 Å². The van der Waals surface area contributed by atoms with Gasteiger partial charge in [0.1, 0.15) is 0 Å². The Labute approximate surface area is 107 Å². The minimum atomic E-state index is -4.72. The third-order valence-electron chi connectivity index (χ3n) is 2.35. The Bertz CT molecular complexity index is 739. The predicted molar refractivity (Wildman–Crippen MR) is 59.4 cm³/mol. The minimum Gasteiger partial charge on any atom is -0.464 e. The maximum Gasteiger partial charge on any atom is 0.421 e. The van der Waals surface area contributed by atoms with Crippen LogP contribution in [0.5, 0.6) is 0 Å². The summed E-state index contributed by atoms with van der Waals surface area (Å²) < 4.78 is 38.3. The zero-order valence-electron chi connectivity index (χ0n) is 8.90. The summed E-state index contributed by atoms with van der Waals surface area (Å²) in [5.74, 6) is 0. The topological polar surface area (TPSA) is 72.2 Å². The molecule has 0 radical (unpaired) electrons. The molecule has 0 amide bonds. The zero-order valence-corrected chi connectivity index (χ0v) is 9.66. The van der Waals surface area contributed by atoms with Gasteiger partial charge in [-0.3, -0.25) is 4.79 Å². The van der Waals surface area contributed by atoms with E-state index < -0.39 is 39.6 Å². The van der Waals surface area contributed by atoms with E-state index >= 15 is 0 Å². The molecule has 100 valence electrons. The molecule has 19 heavy (non-hydrogen) atoms. The molecule has 1 heterocycles. The van der Waals surface area contributed by atoms with Crippen LogP contribution in [0.1, 0.15) is 5.56 Å². The van der Waals surface area contributed by atoms with Crippen molar-refractivity contribution in [2.75, 3.05) is 0 Å². The van der Waals surface area contributed by atoms with Crippen molar-refractivity contribution in [1.82, 2.24) is 9.55 Å². The van der Waals surface area contributed by atoms with E-state index in [1.807, 2.05) is 0 Å². The molecular weight excluding hydrogens is 289 g/mol. The number of carboxylic acid groups (broad SMARTS) is 1. The largest absolute Gasteiger partial charge is 0.464 e. The van der Waals surface area contributed by atoms with Gasteiger partial charge in [-0.2, -0.15) is 17.7 Å². The molecule has 1 N–H and O–H groups in total. The lowest BCUT2D eigenvalue weighted by Gasteiger charge is -2.10. The maximum atomic E-state index is 12.7. The van der Waals surface area contributed by atoms with E-state index in [9.17, 15) is 22.8 Å². The van der Waals surface area contributed by atoms with Crippen LogP contribution in [0.2, 0.25) is 5.28 Å². The molecule has 0 atom stereocenters. The molecule has 0 aliphatic rings. The average molecular weight is 293 g/mol. The lowest BCUT2D eigenvalue weighted by Crippen LogP contribution is -2.28. The number of carbonyl (C=O) groups is 1. The van der Waals surface area contributed by atoms with Gasteiger partial charge in [-0.25, -0.2) is 9.78 Å². The Morgan fingerprint density at radius 3 is 2.53 bits per heavy atom. The minimum absolute atomic E-state index is 0.0735. The van der Waals surface area contributed by atoms with Crippen LogP contribution in [0.4, 0.5) is 18.0 Å². The van der Waals surface area contributed by atoms with Crippen molar-refractivity contribution in [2.45, 2.75) is 6.18 Å². The summed E-state index contributed by atoms with van der Waals surface area (Å²) in [6.07, 6.45) is -6.45. The molecule has 0 saturated heterocycles. The third kappa shape index (κ3) is 2.14. The summed E-state index contributed by atoms with van der Waals surface area (Å²) in [5.41, 5.74) is -3.00. The number of hydrogen-bond acceptors (Lipinski definition) is 3.